The van der Waals surface area contributed by atoms with E-state index in [9.17, 15) is 9.50 Å². The Labute approximate surface area is 243 Å². The van der Waals surface area contributed by atoms with Gasteiger partial charge in [0.15, 0.2) is 0 Å². The molecule has 2 aromatic carbocycles. The second kappa shape index (κ2) is 10.0. The number of hydrogen-bond donors (Lipinski definition) is 2. The van der Waals surface area contributed by atoms with E-state index >= 15 is 0 Å². The molecule has 0 amide bonds. The number of hydrogen-bond acceptors (Lipinski definition) is 8. The van der Waals surface area contributed by atoms with Crippen molar-refractivity contribution < 1.29 is 17.0 Å². The quantitative estimate of drug-likeness (QED) is 0.426. The first-order valence-electron chi connectivity index (χ1n) is 15.5. The number of anilines is 2. The van der Waals surface area contributed by atoms with Crippen molar-refractivity contribution in [3.63, 3.8) is 0 Å². The molecule has 214 valence electrons. The van der Waals surface area contributed by atoms with E-state index in [1.807, 2.05) is 19.0 Å². The maximum absolute atomic E-state index is 14.8. The third kappa shape index (κ3) is 4.83. The van der Waals surface area contributed by atoms with E-state index in [0.29, 0.717) is 54.6 Å². The fourth-order valence-electron chi connectivity index (χ4n) is 6.84. The lowest BCUT2D eigenvalue weighted by Gasteiger charge is -2.47. The molecule has 5 aliphatic rings. The molecular formula is C32H37FN6O2. The van der Waals surface area contributed by atoms with Gasteiger partial charge in [0.05, 0.1) is 27.1 Å². The number of aromatic hydroxyl groups is 1. The molecule has 2 N–H and O–H groups in total. The van der Waals surface area contributed by atoms with E-state index in [2.05, 4.69) is 21.0 Å². The molecule has 41 heavy (non-hydrogen) atoms. The summed E-state index contributed by atoms with van der Waals surface area (Å²) in [7, 11) is 3.89. The molecule has 4 aliphatic heterocycles. The van der Waals surface area contributed by atoms with Crippen LogP contribution in [0.5, 0.6) is 11.8 Å². The fourth-order valence-corrected chi connectivity index (χ4v) is 6.84. The van der Waals surface area contributed by atoms with Crippen LogP contribution in [-0.2, 0) is 13.0 Å². The first kappa shape index (κ1) is 24.0. The van der Waals surface area contributed by atoms with E-state index in [1.54, 1.807) is 18.2 Å². The van der Waals surface area contributed by atoms with Crippen LogP contribution in [0.4, 0.5) is 15.9 Å². The van der Waals surface area contributed by atoms with Crippen LogP contribution in [0.2, 0.25) is 0 Å². The SMILES string of the molecule is [2H]C([2H])(Oc1nc2c(c(N3CC4CCC3CN4)n1)CCN(c1cc(O)cc3ccc(F)c(C#C)c13)C2)C1(CN(C)C)CC1. The number of fused-ring (bicyclic) bond motifs is 5. The molecule has 0 spiro atoms. The molecule has 2 bridgehead atoms. The Bertz CT molecular complexity index is 1630. The lowest BCUT2D eigenvalue weighted by atomic mass is 9.92. The smallest absolute Gasteiger partial charge is 0.318 e. The summed E-state index contributed by atoms with van der Waals surface area (Å²) in [6, 6.07) is 6.89. The van der Waals surface area contributed by atoms with Gasteiger partial charge in [0, 0.05) is 66.4 Å². The minimum atomic E-state index is -1.94. The predicted molar refractivity (Wildman–Crippen MR) is 158 cm³/mol. The molecule has 1 saturated carbocycles. The van der Waals surface area contributed by atoms with Gasteiger partial charge in [0.2, 0.25) is 0 Å². The van der Waals surface area contributed by atoms with Crippen LogP contribution in [0, 0.1) is 23.6 Å². The van der Waals surface area contributed by atoms with Crippen molar-refractivity contribution in [2.75, 3.05) is 56.6 Å². The highest BCUT2D eigenvalue weighted by Crippen LogP contribution is 2.46. The Kier molecular flexibility index (Phi) is 5.88. The van der Waals surface area contributed by atoms with Gasteiger partial charge < -0.3 is 29.9 Å². The zero-order valence-electron chi connectivity index (χ0n) is 25.6. The Morgan fingerprint density at radius 3 is 2.83 bits per heavy atom. The number of phenolic OH excluding ortho intramolecular Hbond substituents is 1. The number of ether oxygens (including phenoxy) is 1. The van der Waals surface area contributed by atoms with Crippen molar-refractivity contribution in [2.24, 2.45) is 5.41 Å². The number of terminal acetylenes is 1. The van der Waals surface area contributed by atoms with Crippen molar-refractivity contribution in [1.29, 1.82) is 0 Å². The largest absolute Gasteiger partial charge is 0.508 e. The summed E-state index contributed by atoms with van der Waals surface area (Å²) in [5.74, 6) is 2.91. The van der Waals surface area contributed by atoms with Crippen LogP contribution < -0.4 is 19.9 Å². The second-order valence-electron chi connectivity index (χ2n) is 12.3. The topological polar surface area (TPSA) is 77.0 Å². The molecule has 4 fully saturated rings. The summed E-state index contributed by atoms with van der Waals surface area (Å²) < 4.78 is 38.8. The highest BCUT2D eigenvalue weighted by atomic mass is 19.1. The van der Waals surface area contributed by atoms with Gasteiger partial charge in [-0.05, 0) is 63.7 Å². The standard InChI is InChI=1S/C32H37FN6O2/c1-4-24-26(33)8-5-20-13-23(40)14-28(29(20)24)38-12-9-25-27(17-38)35-31(41-19-32(10-11-32)18-37(2)3)36-30(25)39-16-21-6-7-22(39)15-34-21/h1,5,8,13-14,21-22,34,40H,6-7,9-12,15-19H2,2-3H3/i19D2. The normalized spacial score (nSPS) is 23.7. The summed E-state index contributed by atoms with van der Waals surface area (Å²) in [6.07, 6.45) is 10.1. The van der Waals surface area contributed by atoms with E-state index < -0.39 is 17.8 Å². The van der Waals surface area contributed by atoms with E-state index in [-0.39, 0.29) is 17.3 Å². The van der Waals surface area contributed by atoms with Crippen molar-refractivity contribution in [2.45, 2.75) is 50.7 Å². The molecular weight excluding hydrogens is 519 g/mol. The predicted octanol–water partition coefficient (Wildman–Crippen LogP) is 3.68. The summed E-state index contributed by atoms with van der Waals surface area (Å²) in [6.45, 7) is 1.29. The van der Waals surface area contributed by atoms with Gasteiger partial charge in [-0.25, -0.2) is 4.39 Å². The zero-order chi connectivity index (χ0) is 30.1. The summed E-state index contributed by atoms with van der Waals surface area (Å²) in [5, 5.41) is 15.4. The fraction of sp³-hybridized carbons (Fsp3) is 0.500. The van der Waals surface area contributed by atoms with Crippen LogP contribution in [0.3, 0.4) is 0 Å². The van der Waals surface area contributed by atoms with Crippen LogP contribution in [0.1, 0.15) is 45.2 Å². The van der Waals surface area contributed by atoms with Gasteiger partial charge in [-0.1, -0.05) is 12.0 Å². The number of benzene rings is 2. The minimum absolute atomic E-state index is 0.0381. The van der Waals surface area contributed by atoms with Crippen LogP contribution in [0.15, 0.2) is 24.3 Å². The number of phenols is 1. The number of rotatable bonds is 7. The highest BCUT2D eigenvalue weighted by molar-refractivity contribution is 6.00. The minimum Gasteiger partial charge on any atom is -0.508 e. The number of nitrogens with zero attached hydrogens (tertiary/aromatic N) is 5. The molecule has 3 saturated heterocycles. The van der Waals surface area contributed by atoms with Crippen molar-refractivity contribution in [3.8, 4) is 24.1 Å². The number of aromatic nitrogens is 2. The van der Waals surface area contributed by atoms with Crippen molar-refractivity contribution >= 4 is 22.3 Å². The Hall–Kier alpha value is -3.61. The van der Waals surface area contributed by atoms with Gasteiger partial charge in [-0.3, -0.25) is 0 Å². The van der Waals surface area contributed by atoms with Crippen LogP contribution in [0.25, 0.3) is 10.8 Å². The third-order valence-corrected chi connectivity index (χ3v) is 8.99. The number of nitrogens with one attached hydrogen (secondary N) is 1. The summed E-state index contributed by atoms with van der Waals surface area (Å²) in [4.78, 5) is 16.1. The molecule has 5 heterocycles. The Balaban J connectivity index is 1.30. The first-order valence-corrected chi connectivity index (χ1v) is 14.5. The van der Waals surface area contributed by atoms with Crippen molar-refractivity contribution in [1.82, 2.24) is 20.2 Å². The summed E-state index contributed by atoms with van der Waals surface area (Å²) >= 11 is 0. The van der Waals surface area contributed by atoms with Gasteiger partial charge in [0.1, 0.15) is 17.4 Å². The van der Waals surface area contributed by atoms with Crippen LogP contribution in [-0.4, -0.2) is 78.9 Å². The number of halogens is 1. The monoisotopic (exact) mass is 558 g/mol. The second-order valence-corrected chi connectivity index (χ2v) is 12.3. The number of piperidine rings is 2. The van der Waals surface area contributed by atoms with Gasteiger partial charge in [0.25, 0.3) is 0 Å². The zero-order valence-corrected chi connectivity index (χ0v) is 23.6. The lowest BCUT2D eigenvalue weighted by Crippen LogP contribution is -2.61. The first-order chi connectivity index (χ1) is 20.6. The van der Waals surface area contributed by atoms with E-state index in [4.69, 9.17) is 23.9 Å². The average Bonchev–Trinajstić information content (AvgIpc) is 3.77. The van der Waals surface area contributed by atoms with Gasteiger partial charge in [-0.2, -0.15) is 9.97 Å². The molecule has 1 aliphatic carbocycles. The molecule has 2 atom stereocenters. The van der Waals surface area contributed by atoms with Gasteiger partial charge >= 0.3 is 6.01 Å². The number of piperazine rings is 1. The van der Waals surface area contributed by atoms with Crippen molar-refractivity contribution in [3.05, 3.63) is 46.9 Å². The van der Waals surface area contributed by atoms with E-state index in [0.717, 1.165) is 55.8 Å². The lowest BCUT2D eigenvalue weighted by molar-refractivity contribution is 0.182. The summed E-state index contributed by atoms with van der Waals surface area (Å²) in [5.41, 5.74) is 1.95. The molecule has 2 unspecified atom stereocenters. The van der Waals surface area contributed by atoms with Gasteiger partial charge in [-0.15, -0.1) is 6.42 Å². The molecule has 3 aromatic rings. The maximum Gasteiger partial charge on any atom is 0.318 e. The molecule has 8 rings (SSSR count). The third-order valence-electron chi connectivity index (χ3n) is 8.99. The van der Waals surface area contributed by atoms with Crippen LogP contribution >= 0.6 is 0 Å². The van der Waals surface area contributed by atoms with E-state index in [1.165, 1.54) is 6.07 Å². The maximum atomic E-state index is 14.8. The highest BCUT2D eigenvalue weighted by Gasteiger charge is 2.44. The molecule has 8 nitrogen and oxygen atoms in total. The Morgan fingerprint density at radius 1 is 1.29 bits per heavy atom. The molecule has 0 radical (unpaired) electrons. The average molecular weight is 559 g/mol. The molecule has 9 heteroatoms. The Morgan fingerprint density at radius 2 is 2.15 bits per heavy atom. The molecule has 1 aromatic heterocycles.